The second-order valence-corrected chi connectivity index (χ2v) is 6.39. The van der Waals surface area contributed by atoms with E-state index in [2.05, 4.69) is 12.1 Å². The molecule has 0 aliphatic heterocycles. The van der Waals surface area contributed by atoms with E-state index in [1.165, 1.54) is 16.2 Å². The Bertz CT molecular complexity index is 677. The van der Waals surface area contributed by atoms with Gasteiger partial charge in [0.1, 0.15) is 0 Å². The third kappa shape index (κ3) is 1.90. The molecule has 2 nitrogen and oxygen atoms in total. The highest BCUT2D eigenvalue weighted by atomic mass is 32.1. The lowest BCUT2D eigenvalue weighted by Crippen LogP contribution is -1.94. The van der Waals surface area contributed by atoms with E-state index >= 15 is 0 Å². The molecule has 0 fully saturated rings. The molecule has 3 aromatic heterocycles. The van der Waals surface area contributed by atoms with Crippen LogP contribution in [0.3, 0.4) is 0 Å². The van der Waals surface area contributed by atoms with Crippen molar-refractivity contribution in [3.63, 3.8) is 0 Å². The molecule has 90 valence electrons. The van der Waals surface area contributed by atoms with Crippen molar-refractivity contribution >= 4 is 40.0 Å². The number of carboxylic acid groups (broad SMARTS) is 1. The topological polar surface area (TPSA) is 37.3 Å². The van der Waals surface area contributed by atoms with Gasteiger partial charge in [0.25, 0.3) is 0 Å². The van der Waals surface area contributed by atoms with Gasteiger partial charge in [0.15, 0.2) is 0 Å². The Morgan fingerprint density at radius 3 is 2.44 bits per heavy atom. The number of hydrogen-bond donors (Lipinski definition) is 1. The second-order valence-electron chi connectivity index (χ2n) is 3.61. The molecular weight excluding hydrogens is 284 g/mol. The van der Waals surface area contributed by atoms with E-state index in [-0.39, 0.29) is 0 Å². The van der Waals surface area contributed by atoms with E-state index in [0.717, 1.165) is 15.3 Å². The van der Waals surface area contributed by atoms with Crippen LogP contribution in [-0.2, 0) is 0 Å². The predicted molar refractivity (Wildman–Crippen MR) is 77.9 cm³/mol. The van der Waals surface area contributed by atoms with Crippen LogP contribution in [0.15, 0.2) is 40.4 Å². The monoisotopic (exact) mass is 292 g/mol. The number of carbonyl (C=O) groups is 1. The minimum Gasteiger partial charge on any atom is -0.478 e. The van der Waals surface area contributed by atoms with Crippen LogP contribution in [0, 0.1) is 0 Å². The number of carboxylic acids is 1. The van der Waals surface area contributed by atoms with Gasteiger partial charge in [0.2, 0.25) is 0 Å². The van der Waals surface area contributed by atoms with Crippen LogP contribution in [0.25, 0.3) is 20.2 Å². The van der Waals surface area contributed by atoms with E-state index in [1.807, 2.05) is 22.2 Å². The first kappa shape index (κ1) is 11.6. The van der Waals surface area contributed by atoms with Gasteiger partial charge in [-0.1, -0.05) is 6.07 Å². The zero-order valence-corrected chi connectivity index (χ0v) is 11.6. The Kier molecular flexibility index (Phi) is 3.03. The van der Waals surface area contributed by atoms with E-state index in [0.29, 0.717) is 5.56 Å². The second kappa shape index (κ2) is 4.68. The lowest BCUT2D eigenvalue weighted by molar-refractivity contribution is 0.0698. The molecule has 0 spiro atoms. The van der Waals surface area contributed by atoms with Crippen molar-refractivity contribution in [2.24, 2.45) is 0 Å². The maximum Gasteiger partial charge on any atom is 0.337 e. The van der Waals surface area contributed by atoms with E-state index < -0.39 is 5.97 Å². The summed E-state index contributed by atoms with van der Waals surface area (Å²) in [6.45, 7) is 0. The molecule has 5 heteroatoms. The van der Waals surface area contributed by atoms with Gasteiger partial charge in [-0.05, 0) is 34.3 Å². The largest absolute Gasteiger partial charge is 0.478 e. The number of hydrogen-bond acceptors (Lipinski definition) is 4. The van der Waals surface area contributed by atoms with Gasteiger partial charge >= 0.3 is 5.97 Å². The zero-order chi connectivity index (χ0) is 12.5. The lowest BCUT2D eigenvalue weighted by Gasteiger charge is -2.01. The van der Waals surface area contributed by atoms with Gasteiger partial charge in [0.05, 0.1) is 15.3 Å². The summed E-state index contributed by atoms with van der Waals surface area (Å²) in [4.78, 5) is 14.3. The Hall–Kier alpha value is -1.43. The van der Waals surface area contributed by atoms with Gasteiger partial charge < -0.3 is 5.11 Å². The van der Waals surface area contributed by atoms with Crippen molar-refractivity contribution in [3.05, 3.63) is 46.0 Å². The van der Waals surface area contributed by atoms with Crippen molar-refractivity contribution in [1.29, 1.82) is 0 Å². The SMILES string of the molecule is O=C(O)c1ccsc1-c1sccc1-c1cccs1. The standard InChI is InChI=1S/C13H8O2S3/c14-13(15)9-4-7-18-12(9)11-8(3-6-17-11)10-2-1-5-16-10/h1-7H,(H,14,15). The van der Waals surface area contributed by atoms with Crippen LogP contribution in [0.1, 0.15) is 10.4 Å². The minimum atomic E-state index is -0.864. The summed E-state index contributed by atoms with van der Waals surface area (Å²) in [7, 11) is 0. The van der Waals surface area contributed by atoms with Crippen LogP contribution in [0.4, 0.5) is 0 Å². The van der Waals surface area contributed by atoms with E-state index in [4.69, 9.17) is 0 Å². The molecule has 3 heterocycles. The molecule has 3 rings (SSSR count). The highest BCUT2D eigenvalue weighted by molar-refractivity contribution is 7.21. The lowest BCUT2D eigenvalue weighted by atomic mass is 10.1. The molecule has 0 saturated heterocycles. The molecule has 0 bridgehead atoms. The Labute approximate surface area is 116 Å². The molecule has 0 unspecified atom stereocenters. The average molecular weight is 292 g/mol. The molecule has 0 aromatic carbocycles. The molecule has 0 saturated carbocycles. The van der Waals surface area contributed by atoms with Gasteiger partial charge in [0, 0.05) is 10.4 Å². The summed E-state index contributed by atoms with van der Waals surface area (Å²) in [5, 5.41) is 15.1. The van der Waals surface area contributed by atoms with Crippen molar-refractivity contribution in [1.82, 2.24) is 0 Å². The first-order valence-corrected chi connectivity index (χ1v) is 7.84. The number of aromatic carboxylic acids is 1. The van der Waals surface area contributed by atoms with E-state index in [1.54, 1.807) is 28.7 Å². The van der Waals surface area contributed by atoms with Crippen LogP contribution >= 0.6 is 34.0 Å². The van der Waals surface area contributed by atoms with Crippen molar-refractivity contribution in [3.8, 4) is 20.2 Å². The highest BCUT2D eigenvalue weighted by Crippen LogP contribution is 2.42. The summed E-state index contributed by atoms with van der Waals surface area (Å²) in [6, 6.07) is 7.79. The third-order valence-corrected chi connectivity index (χ3v) is 5.45. The normalized spacial score (nSPS) is 10.7. The van der Waals surface area contributed by atoms with Crippen LogP contribution in [0.5, 0.6) is 0 Å². The molecule has 0 radical (unpaired) electrons. The number of thiophene rings is 3. The molecule has 0 aliphatic carbocycles. The quantitative estimate of drug-likeness (QED) is 0.745. The maximum atomic E-state index is 11.2. The predicted octanol–water partition coefficient (Wildman–Crippen LogP) is 4.90. The summed E-state index contributed by atoms with van der Waals surface area (Å²) in [5.74, 6) is -0.864. The fraction of sp³-hybridized carbons (Fsp3) is 0. The van der Waals surface area contributed by atoms with Crippen molar-refractivity contribution in [2.75, 3.05) is 0 Å². The first-order chi connectivity index (χ1) is 8.77. The zero-order valence-electron chi connectivity index (χ0n) is 9.12. The smallest absolute Gasteiger partial charge is 0.337 e. The molecule has 18 heavy (non-hydrogen) atoms. The Morgan fingerprint density at radius 2 is 1.72 bits per heavy atom. The molecule has 3 aromatic rings. The minimum absolute atomic E-state index is 0.389. The molecule has 1 N–H and O–H groups in total. The van der Waals surface area contributed by atoms with Crippen molar-refractivity contribution in [2.45, 2.75) is 0 Å². The molecule has 0 atom stereocenters. The molecule has 0 amide bonds. The van der Waals surface area contributed by atoms with E-state index in [9.17, 15) is 9.90 Å². The summed E-state index contributed by atoms with van der Waals surface area (Å²) < 4.78 is 0. The summed E-state index contributed by atoms with van der Waals surface area (Å²) in [6.07, 6.45) is 0. The first-order valence-electron chi connectivity index (χ1n) is 5.20. The average Bonchev–Trinajstić information content (AvgIpc) is 3.10. The summed E-state index contributed by atoms with van der Waals surface area (Å²) in [5.41, 5.74) is 1.51. The van der Waals surface area contributed by atoms with Gasteiger partial charge in [-0.15, -0.1) is 34.0 Å². The summed E-state index contributed by atoms with van der Waals surface area (Å²) >= 11 is 4.74. The Balaban J connectivity index is 2.16. The fourth-order valence-corrected chi connectivity index (χ4v) is 4.58. The van der Waals surface area contributed by atoms with Crippen LogP contribution in [0.2, 0.25) is 0 Å². The molecular formula is C13H8O2S3. The van der Waals surface area contributed by atoms with Crippen LogP contribution < -0.4 is 0 Å². The highest BCUT2D eigenvalue weighted by Gasteiger charge is 2.18. The Morgan fingerprint density at radius 1 is 0.944 bits per heavy atom. The van der Waals surface area contributed by atoms with Crippen LogP contribution in [-0.4, -0.2) is 11.1 Å². The fourth-order valence-electron chi connectivity index (χ4n) is 1.76. The van der Waals surface area contributed by atoms with Gasteiger partial charge in [-0.25, -0.2) is 4.79 Å². The van der Waals surface area contributed by atoms with Gasteiger partial charge in [-0.3, -0.25) is 0 Å². The third-order valence-electron chi connectivity index (χ3n) is 2.55. The maximum absolute atomic E-state index is 11.2. The molecule has 0 aliphatic rings. The van der Waals surface area contributed by atoms with Gasteiger partial charge in [-0.2, -0.15) is 0 Å². The number of rotatable bonds is 3. The van der Waals surface area contributed by atoms with Crippen molar-refractivity contribution < 1.29 is 9.90 Å².